The van der Waals surface area contributed by atoms with Crippen LogP contribution >= 0.6 is 0 Å². The van der Waals surface area contributed by atoms with Crippen LogP contribution in [0.15, 0.2) is 6.20 Å². The molecule has 2 aliphatic heterocycles. The van der Waals surface area contributed by atoms with Crippen LogP contribution in [0.2, 0.25) is 0 Å². The maximum absolute atomic E-state index is 13.3. The van der Waals surface area contributed by atoms with Crippen molar-refractivity contribution in [2.24, 2.45) is 11.3 Å². The molecule has 4 rings (SSSR count). The zero-order valence-corrected chi connectivity index (χ0v) is 15.1. The highest BCUT2D eigenvalue weighted by molar-refractivity contribution is 5.83. The van der Waals surface area contributed by atoms with Gasteiger partial charge in [0.05, 0.1) is 17.0 Å². The highest BCUT2D eigenvalue weighted by atomic mass is 16.4. The lowest BCUT2D eigenvalue weighted by Crippen LogP contribution is -2.50. The number of carboxylic acid groups (broad SMARTS) is 1. The Labute approximate surface area is 148 Å². The van der Waals surface area contributed by atoms with E-state index in [1.807, 2.05) is 18.0 Å². The first kappa shape index (κ1) is 16.6. The minimum absolute atomic E-state index is 0.0670. The van der Waals surface area contributed by atoms with Crippen LogP contribution in [0.1, 0.15) is 62.9 Å². The van der Waals surface area contributed by atoms with Crippen molar-refractivity contribution in [1.29, 1.82) is 0 Å². The molecule has 3 aliphatic rings. The normalized spacial score (nSPS) is 34.5. The number of rotatable bonds is 2. The number of carbonyl (C=O) groups is 2. The molecule has 1 aromatic rings. The van der Waals surface area contributed by atoms with Crippen LogP contribution in [0.4, 0.5) is 0 Å². The Morgan fingerprint density at radius 3 is 2.88 bits per heavy atom. The number of nitrogens with zero attached hydrogens (tertiary/aromatic N) is 3. The molecule has 25 heavy (non-hydrogen) atoms. The molecule has 0 bridgehead atoms. The number of imidazole rings is 1. The van der Waals surface area contributed by atoms with Gasteiger partial charge >= 0.3 is 5.97 Å². The molecular weight excluding hydrogens is 318 g/mol. The van der Waals surface area contributed by atoms with E-state index in [1.54, 1.807) is 0 Å². The van der Waals surface area contributed by atoms with Gasteiger partial charge in [0.15, 0.2) is 0 Å². The highest BCUT2D eigenvalue weighted by Crippen LogP contribution is 2.48. The minimum Gasteiger partial charge on any atom is -0.481 e. The second-order valence-corrected chi connectivity index (χ2v) is 8.23. The molecule has 0 radical (unpaired) electrons. The predicted molar refractivity (Wildman–Crippen MR) is 92.1 cm³/mol. The van der Waals surface area contributed by atoms with E-state index in [-0.39, 0.29) is 23.8 Å². The Hall–Kier alpha value is -1.85. The third-order valence-corrected chi connectivity index (χ3v) is 6.65. The first-order valence-corrected chi connectivity index (χ1v) is 9.50. The number of hydrogen-bond acceptors (Lipinski definition) is 3. The second kappa shape index (κ2) is 5.85. The summed E-state index contributed by atoms with van der Waals surface area (Å²) < 4.78 is 2.12. The molecule has 136 valence electrons. The van der Waals surface area contributed by atoms with E-state index in [9.17, 15) is 14.7 Å². The van der Waals surface area contributed by atoms with Crippen LogP contribution < -0.4 is 0 Å². The molecule has 1 amide bonds. The molecular formula is C19H27N3O3. The van der Waals surface area contributed by atoms with Crippen LogP contribution in [0.5, 0.6) is 0 Å². The maximum atomic E-state index is 13.3. The van der Waals surface area contributed by atoms with E-state index < -0.39 is 11.4 Å². The van der Waals surface area contributed by atoms with Crippen LogP contribution in [0, 0.1) is 18.3 Å². The molecule has 3 heterocycles. The third kappa shape index (κ3) is 2.49. The fraction of sp³-hybridized carbons (Fsp3) is 0.737. The molecule has 0 spiro atoms. The Bertz CT molecular complexity index is 713. The number of amides is 1. The Balaban J connectivity index is 1.57. The third-order valence-electron chi connectivity index (χ3n) is 6.65. The number of aliphatic carboxylic acids is 1. The summed E-state index contributed by atoms with van der Waals surface area (Å²) in [7, 11) is 0. The zero-order chi connectivity index (χ0) is 17.8. The van der Waals surface area contributed by atoms with Crippen molar-refractivity contribution >= 4 is 11.9 Å². The molecule has 0 unspecified atom stereocenters. The SMILES string of the molecule is Cc1cn2c(n1)[C@H](C)C[C@H](C(=O)N1CC[C@]3(C(=O)O)CCCC[C@H]13)C2. The summed E-state index contributed by atoms with van der Waals surface area (Å²) in [5.41, 5.74) is 0.290. The largest absolute Gasteiger partial charge is 0.481 e. The lowest BCUT2D eigenvalue weighted by molar-refractivity contribution is -0.154. The van der Waals surface area contributed by atoms with E-state index in [0.717, 1.165) is 37.2 Å². The van der Waals surface area contributed by atoms with Gasteiger partial charge in [0, 0.05) is 31.2 Å². The Morgan fingerprint density at radius 2 is 2.12 bits per heavy atom. The molecule has 1 aromatic heterocycles. The van der Waals surface area contributed by atoms with Crippen LogP contribution in [-0.2, 0) is 16.1 Å². The van der Waals surface area contributed by atoms with Crippen molar-refractivity contribution < 1.29 is 14.7 Å². The maximum Gasteiger partial charge on any atom is 0.311 e. The number of aromatic nitrogens is 2. The summed E-state index contributed by atoms with van der Waals surface area (Å²) in [6.07, 6.45) is 6.96. The molecule has 6 heteroatoms. The van der Waals surface area contributed by atoms with Crippen LogP contribution in [-0.4, -0.2) is 44.0 Å². The van der Waals surface area contributed by atoms with Gasteiger partial charge in [0.2, 0.25) is 5.91 Å². The van der Waals surface area contributed by atoms with Gasteiger partial charge in [-0.15, -0.1) is 0 Å². The van der Waals surface area contributed by atoms with Gasteiger partial charge in [-0.1, -0.05) is 19.8 Å². The first-order valence-electron chi connectivity index (χ1n) is 9.50. The molecule has 4 atom stereocenters. The number of carboxylic acids is 1. The topological polar surface area (TPSA) is 75.4 Å². The first-order chi connectivity index (χ1) is 11.9. The van der Waals surface area contributed by atoms with Crippen LogP contribution in [0.3, 0.4) is 0 Å². The molecule has 6 nitrogen and oxygen atoms in total. The average Bonchev–Trinajstić information content (AvgIpc) is 3.15. The van der Waals surface area contributed by atoms with Crippen molar-refractivity contribution in [2.45, 2.75) is 70.9 Å². The Morgan fingerprint density at radius 1 is 1.32 bits per heavy atom. The van der Waals surface area contributed by atoms with E-state index in [2.05, 4.69) is 16.5 Å². The van der Waals surface area contributed by atoms with E-state index in [1.165, 1.54) is 0 Å². The fourth-order valence-corrected chi connectivity index (χ4v) is 5.43. The fourth-order valence-electron chi connectivity index (χ4n) is 5.43. The zero-order valence-electron chi connectivity index (χ0n) is 15.1. The lowest BCUT2D eigenvalue weighted by atomic mass is 9.70. The number of likely N-dealkylation sites (tertiary alicyclic amines) is 1. The number of aryl methyl sites for hydroxylation is 1. The molecule has 1 N–H and O–H groups in total. The highest BCUT2D eigenvalue weighted by Gasteiger charge is 2.55. The van der Waals surface area contributed by atoms with Gasteiger partial charge in [-0.2, -0.15) is 0 Å². The number of fused-ring (bicyclic) bond motifs is 2. The van der Waals surface area contributed by atoms with Gasteiger partial charge in [-0.25, -0.2) is 4.98 Å². The average molecular weight is 345 g/mol. The van der Waals surface area contributed by atoms with Gasteiger partial charge in [-0.3, -0.25) is 9.59 Å². The van der Waals surface area contributed by atoms with Gasteiger partial charge in [0.1, 0.15) is 5.82 Å². The van der Waals surface area contributed by atoms with Gasteiger partial charge < -0.3 is 14.6 Å². The molecule has 1 saturated heterocycles. The predicted octanol–water partition coefficient (Wildman–Crippen LogP) is 2.56. The second-order valence-electron chi connectivity index (χ2n) is 8.23. The van der Waals surface area contributed by atoms with Crippen molar-refractivity contribution in [3.8, 4) is 0 Å². The number of carbonyl (C=O) groups excluding carboxylic acids is 1. The van der Waals surface area contributed by atoms with Gasteiger partial charge in [0.25, 0.3) is 0 Å². The summed E-state index contributed by atoms with van der Waals surface area (Å²) >= 11 is 0. The van der Waals surface area contributed by atoms with Crippen LogP contribution in [0.25, 0.3) is 0 Å². The van der Waals surface area contributed by atoms with E-state index in [0.29, 0.717) is 25.9 Å². The van der Waals surface area contributed by atoms with E-state index in [4.69, 9.17) is 0 Å². The molecule has 2 fully saturated rings. The van der Waals surface area contributed by atoms with Crippen molar-refractivity contribution in [2.75, 3.05) is 6.54 Å². The Kier molecular flexibility index (Phi) is 3.89. The quantitative estimate of drug-likeness (QED) is 0.894. The standard InChI is InChI=1S/C19H27N3O3/c1-12-9-14(11-21-10-13(2)20-16(12)21)17(23)22-8-7-19(18(24)25)6-4-3-5-15(19)22/h10,12,14-15H,3-9,11H2,1-2H3,(H,24,25)/t12-,14+,15+,19-/m1/s1. The van der Waals surface area contributed by atoms with Gasteiger partial charge in [-0.05, 0) is 32.6 Å². The molecule has 1 aliphatic carbocycles. The smallest absolute Gasteiger partial charge is 0.311 e. The number of hydrogen-bond donors (Lipinski definition) is 1. The summed E-state index contributed by atoms with van der Waals surface area (Å²) in [5, 5.41) is 9.83. The summed E-state index contributed by atoms with van der Waals surface area (Å²) in [4.78, 5) is 31.8. The minimum atomic E-state index is -0.711. The molecule has 1 saturated carbocycles. The van der Waals surface area contributed by atoms with Crippen molar-refractivity contribution in [1.82, 2.24) is 14.5 Å². The van der Waals surface area contributed by atoms with Crippen molar-refractivity contribution in [3.63, 3.8) is 0 Å². The van der Waals surface area contributed by atoms with Crippen molar-refractivity contribution in [3.05, 3.63) is 17.7 Å². The van der Waals surface area contributed by atoms with E-state index >= 15 is 0 Å². The molecule has 0 aromatic carbocycles. The summed E-state index contributed by atoms with van der Waals surface area (Å²) in [5.74, 6) is 0.702. The summed E-state index contributed by atoms with van der Waals surface area (Å²) in [6.45, 7) is 5.38. The monoisotopic (exact) mass is 345 g/mol. The lowest BCUT2D eigenvalue weighted by Gasteiger charge is -2.40. The summed E-state index contributed by atoms with van der Waals surface area (Å²) in [6, 6.07) is -0.118.